The molecule has 0 atom stereocenters. The van der Waals surface area contributed by atoms with Crippen LogP contribution >= 0.6 is 0 Å². The molecule has 0 fully saturated rings. The number of rotatable bonds is 3. The Bertz CT molecular complexity index is 318. The maximum atomic E-state index is 8.99. The van der Waals surface area contributed by atoms with Gasteiger partial charge in [-0.05, 0) is 31.8 Å². The van der Waals surface area contributed by atoms with Crippen LogP contribution in [0.4, 0.5) is 0 Å². The molecule has 82 valence electrons. The van der Waals surface area contributed by atoms with Crippen LogP contribution in [0.2, 0.25) is 0 Å². The number of hydrogen-bond acceptors (Lipinski definition) is 3. The van der Waals surface area contributed by atoms with Gasteiger partial charge < -0.3 is 14.8 Å². The molecular formula is C11H17BO3. The monoisotopic (exact) mass is 208 g/mol. The maximum Gasteiger partial charge on any atom is 0.488 e. The molecule has 15 heavy (non-hydrogen) atoms. The predicted octanol–water partition coefficient (Wildman–Crippen LogP) is 0.681. The minimum atomic E-state index is -1.42. The second-order valence-corrected chi connectivity index (χ2v) is 4.52. The molecular weight excluding hydrogens is 191 g/mol. The van der Waals surface area contributed by atoms with Gasteiger partial charge in [-0.3, -0.25) is 0 Å². The van der Waals surface area contributed by atoms with E-state index in [0.29, 0.717) is 12.1 Å². The van der Waals surface area contributed by atoms with Gasteiger partial charge in [-0.1, -0.05) is 24.3 Å². The molecule has 0 heterocycles. The van der Waals surface area contributed by atoms with E-state index >= 15 is 0 Å². The third kappa shape index (κ3) is 4.47. The Hall–Kier alpha value is -0.835. The standard InChI is InChI=1S/C11H17BO3/c1-11(2,3)15-8-9-5-4-6-10(7-9)12(13)14/h4-7,13-14H,8H2,1-3H3. The molecule has 0 saturated carbocycles. The summed E-state index contributed by atoms with van der Waals surface area (Å²) in [5.74, 6) is 0. The van der Waals surface area contributed by atoms with Crippen molar-refractivity contribution in [1.29, 1.82) is 0 Å². The van der Waals surface area contributed by atoms with Crippen LogP contribution in [0, 0.1) is 0 Å². The van der Waals surface area contributed by atoms with Crippen LogP contribution in [-0.4, -0.2) is 22.8 Å². The lowest BCUT2D eigenvalue weighted by atomic mass is 9.80. The number of hydrogen-bond donors (Lipinski definition) is 2. The molecule has 0 aliphatic rings. The first-order chi connectivity index (χ1) is 6.88. The van der Waals surface area contributed by atoms with E-state index in [-0.39, 0.29) is 5.60 Å². The average Bonchev–Trinajstić information content (AvgIpc) is 2.14. The van der Waals surface area contributed by atoms with E-state index in [2.05, 4.69) is 0 Å². The Morgan fingerprint density at radius 1 is 1.27 bits per heavy atom. The van der Waals surface area contributed by atoms with Gasteiger partial charge in [0.05, 0.1) is 12.2 Å². The Morgan fingerprint density at radius 3 is 2.47 bits per heavy atom. The lowest BCUT2D eigenvalue weighted by Crippen LogP contribution is -2.30. The summed E-state index contributed by atoms with van der Waals surface area (Å²) in [6.45, 7) is 6.43. The van der Waals surface area contributed by atoms with Crippen molar-refractivity contribution in [3.63, 3.8) is 0 Å². The number of ether oxygens (including phenoxy) is 1. The van der Waals surface area contributed by atoms with E-state index in [9.17, 15) is 0 Å². The van der Waals surface area contributed by atoms with Gasteiger partial charge in [0.1, 0.15) is 0 Å². The summed E-state index contributed by atoms with van der Waals surface area (Å²) in [4.78, 5) is 0. The third-order valence-electron chi connectivity index (χ3n) is 1.92. The normalized spacial score (nSPS) is 11.5. The van der Waals surface area contributed by atoms with E-state index in [0.717, 1.165) is 5.56 Å². The van der Waals surface area contributed by atoms with Crippen molar-refractivity contribution < 1.29 is 14.8 Å². The van der Waals surface area contributed by atoms with Crippen molar-refractivity contribution in [3.05, 3.63) is 29.8 Å². The Labute approximate surface area is 90.9 Å². The summed E-state index contributed by atoms with van der Waals surface area (Å²) < 4.78 is 5.59. The van der Waals surface area contributed by atoms with Crippen LogP contribution in [0.1, 0.15) is 26.3 Å². The Morgan fingerprint density at radius 2 is 1.93 bits per heavy atom. The van der Waals surface area contributed by atoms with Gasteiger partial charge in [0, 0.05) is 0 Å². The molecule has 0 spiro atoms. The maximum absolute atomic E-state index is 8.99. The molecule has 3 nitrogen and oxygen atoms in total. The summed E-state index contributed by atoms with van der Waals surface area (Å²) in [6, 6.07) is 7.09. The second kappa shape index (κ2) is 4.79. The number of benzene rings is 1. The molecule has 4 heteroatoms. The first kappa shape index (κ1) is 12.2. The van der Waals surface area contributed by atoms with Crippen LogP contribution in [0.15, 0.2) is 24.3 Å². The fourth-order valence-electron chi connectivity index (χ4n) is 1.14. The molecule has 2 N–H and O–H groups in total. The summed E-state index contributed by atoms with van der Waals surface area (Å²) in [5.41, 5.74) is 1.24. The van der Waals surface area contributed by atoms with Crippen LogP contribution in [0.25, 0.3) is 0 Å². The fraction of sp³-hybridized carbons (Fsp3) is 0.455. The Balaban J connectivity index is 2.66. The van der Waals surface area contributed by atoms with Crippen LogP contribution in [0.3, 0.4) is 0 Å². The van der Waals surface area contributed by atoms with E-state index in [1.54, 1.807) is 18.2 Å². The molecule has 0 saturated heterocycles. The summed E-state index contributed by atoms with van der Waals surface area (Å²) in [7, 11) is -1.42. The lowest BCUT2D eigenvalue weighted by molar-refractivity contribution is -0.0149. The first-order valence-electron chi connectivity index (χ1n) is 4.97. The highest BCUT2D eigenvalue weighted by Crippen LogP contribution is 2.10. The molecule has 0 aliphatic heterocycles. The largest absolute Gasteiger partial charge is 0.488 e. The molecule has 0 bridgehead atoms. The van der Waals surface area contributed by atoms with Gasteiger partial charge >= 0.3 is 7.12 Å². The topological polar surface area (TPSA) is 49.7 Å². The van der Waals surface area contributed by atoms with Crippen LogP contribution in [-0.2, 0) is 11.3 Å². The van der Waals surface area contributed by atoms with Gasteiger partial charge in [-0.2, -0.15) is 0 Å². The second-order valence-electron chi connectivity index (χ2n) is 4.52. The molecule has 0 radical (unpaired) electrons. The van der Waals surface area contributed by atoms with E-state index < -0.39 is 7.12 Å². The fourth-order valence-corrected chi connectivity index (χ4v) is 1.14. The van der Waals surface area contributed by atoms with Gasteiger partial charge in [-0.25, -0.2) is 0 Å². The lowest BCUT2D eigenvalue weighted by Gasteiger charge is -2.19. The Kier molecular flexibility index (Phi) is 3.91. The van der Waals surface area contributed by atoms with Gasteiger partial charge in [-0.15, -0.1) is 0 Å². The molecule has 0 unspecified atom stereocenters. The highest BCUT2D eigenvalue weighted by atomic mass is 16.5. The van der Waals surface area contributed by atoms with Gasteiger partial charge in [0.2, 0.25) is 0 Å². The van der Waals surface area contributed by atoms with E-state index in [1.807, 2.05) is 26.8 Å². The molecule has 0 aromatic heterocycles. The molecule has 0 aliphatic carbocycles. The van der Waals surface area contributed by atoms with Crippen LogP contribution < -0.4 is 5.46 Å². The minimum Gasteiger partial charge on any atom is -0.423 e. The van der Waals surface area contributed by atoms with Crippen molar-refractivity contribution in [2.75, 3.05) is 0 Å². The van der Waals surface area contributed by atoms with E-state index in [4.69, 9.17) is 14.8 Å². The van der Waals surface area contributed by atoms with Crippen molar-refractivity contribution in [2.45, 2.75) is 33.0 Å². The van der Waals surface area contributed by atoms with Gasteiger partial charge in [0.25, 0.3) is 0 Å². The molecule has 0 amide bonds. The van der Waals surface area contributed by atoms with Crippen molar-refractivity contribution in [1.82, 2.24) is 0 Å². The predicted molar refractivity (Wildman–Crippen MR) is 60.8 cm³/mol. The molecule has 1 aromatic carbocycles. The van der Waals surface area contributed by atoms with Gasteiger partial charge in [0.15, 0.2) is 0 Å². The summed E-state index contributed by atoms with van der Waals surface area (Å²) in [6.07, 6.45) is 0. The third-order valence-corrected chi connectivity index (χ3v) is 1.92. The average molecular weight is 208 g/mol. The smallest absolute Gasteiger partial charge is 0.423 e. The highest BCUT2D eigenvalue weighted by Gasteiger charge is 2.13. The SMILES string of the molecule is CC(C)(C)OCc1cccc(B(O)O)c1. The first-order valence-corrected chi connectivity index (χ1v) is 4.97. The van der Waals surface area contributed by atoms with Crippen molar-refractivity contribution in [2.24, 2.45) is 0 Å². The van der Waals surface area contributed by atoms with Crippen molar-refractivity contribution >= 4 is 12.6 Å². The molecule has 1 rings (SSSR count). The van der Waals surface area contributed by atoms with E-state index in [1.165, 1.54) is 0 Å². The highest BCUT2D eigenvalue weighted by molar-refractivity contribution is 6.58. The summed E-state index contributed by atoms with van der Waals surface area (Å²) >= 11 is 0. The van der Waals surface area contributed by atoms with Crippen LogP contribution in [0.5, 0.6) is 0 Å². The zero-order valence-corrected chi connectivity index (χ0v) is 9.40. The summed E-state index contributed by atoms with van der Waals surface area (Å²) in [5, 5.41) is 18.0. The quantitative estimate of drug-likeness (QED) is 0.718. The zero-order chi connectivity index (χ0) is 11.5. The minimum absolute atomic E-state index is 0.187. The van der Waals surface area contributed by atoms with Crippen molar-refractivity contribution in [3.8, 4) is 0 Å². The molecule has 1 aromatic rings. The zero-order valence-electron chi connectivity index (χ0n) is 9.40.